The lowest BCUT2D eigenvalue weighted by Crippen LogP contribution is -2.76. The molecule has 0 bridgehead atoms. The number of nitrogens with zero attached hydrogens (tertiary/aromatic N) is 5. The highest BCUT2D eigenvalue weighted by Gasteiger charge is 2.51. The molecule has 51 heavy (non-hydrogen) atoms. The minimum Gasteiger partial charge on any atom is -0.425 e. The van der Waals surface area contributed by atoms with Gasteiger partial charge in [0.15, 0.2) is 5.78 Å². The molecule has 2 aliphatic heterocycles. The van der Waals surface area contributed by atoms with Gasteiger partial charge in [-0.3, -0.25) is 14.4 Å². The molecule has 2 N–H and O–H groups in total. The van der Waals surface area contributed by atoms with Crippen LogP contribution in [0.2, 0.25) is 0 Å². The molecule has 14 heteroatoms. The molecular weight excluding hydrogens is 671 g/mol. The second-order valence-electron chi connectivity index (χ2n) is 12.9. The first-order chi connectivity index (χ1) is 24.3. The zero-order chi connectivity index (χ0) is 36.4. The number of carbonyl (C=O) groups excluding carboxylic acids is 4. The van der Waals surface area contributed by atoms with Gasteiger partial charge in [-0.05, 0) is 35.7 Å². The van der Waals surface area contributed by atoms with E-state index in [1.54, 1.807) is 46.4 Å². The highest BCUT2D eigenvalue weighted by atomic mass is 31.2. The zero-order valence-electron chi connectivity index (χ0n) is 28.8. The van der Waals surface area contributed by atoms with E-state index in [0.29, 0.717) is 11.1 Å². The van der Waals surface area contributed by atoms with Gasteiger partial charge in [0.05, 0.1) is 18.6 Å². The molecule has 0 aliphatic carbocycles. The van der Waals surface area contributed by atoms with E-state index < -0.39 is 25.8 Å². The van der Waals surface area contributed by atoms with Crippen LogP contribution in [0.4, 0.5) is 4.79 Å². The Morgan fingerprint density at radius 3 is 2.43 bits per heavy atom. The van der Waals surface area contributed by atoms with Crippen LogP contribution in [0, 0.1) is 0 Å². The van der Waals surface area contributed by atoms with Crippen molar-refractivity contribution in [3.63, 3.8) is 0 Å². The number of benzene rings is 3. The quantitative estimate of drug-likeness (QED) is 0.133. The van der Waals surface area contributed by atoms with Crippen LogP contribution in [0.1, 0.15) is 34.0 Å². The Morgan fingerprint density at radius 2 is 1.76 bits per heavy atom. The first-order valence-corrected chi connectivity index (χ1v) is 18.6. The van der Waals surface area contributed by atoms with Crippen LogP contribution in [-0.4, -0.2) is 91.4 Å². The Balaban J connectivity index is 1.38. The number of nitrogens with one attached hydrogen (secondary N) is 1. The van der Waals surface area contributed by atoms with Gasteiger partial charge in [0.2, 0.25) is 11.8 Å². The summed E-state index contributed by atoms with van der Waals surface area (Å²) in [6, 6.07) is 20.2. The van der Waals surface area contributed by atoms with Gasteiger partial charge in [0.25, 0.3) is 0 Å². The highest BCUT2D eigenvalue weighted by Crippen LogP contribution is 2.38. The lowest BCUT2D eigenvalue weighted by molar-refractivity contribution is -0.189. The number of hydrogen-bond donors (Lipinski definition) is 2. The third-order valence-corrected chi connectivity index (χ3v) is 9.67. The van der Waals surface area contributed by atoms with Crippen molar-refractivity contribution in [1.82, 2.24) is 29.7 Å². The average Bonchev–Trinajstić information content (AvgIpc) is 3.43. The van der Waals surface area contributed by atoms with E-state index in [9.17, 15) is 28.6 Å². The molecule has 4 amide bonds. The van der Waals surface area contributed by atoms with Gasteiger partial charge < -0.3 is 29.1 Å². The monoisotopic (exact) mass is 712 g/mol. The number of rotatable bonds is 11. The number of fused-ring (bicyclic) bond motifs is 2. The molecule has 3 atom stereocenters. The molecule has 0 saturated carbocycles. The molecule has 0 radical (unpaired) electrons. The van der Waals surface area contributed by atoms with E-state index >= 15 is 0 Å². The van der Waals surface area contributed by atoms with Crippen molar-refractivity contribution in [3.05, 3.63) is 114 Å². The highest BCUT2D eigenvalue weighted by molar-refractivity contribution is 7.52. The molecule has 0 spiro atoms. The van der Waals surface area contributed by atoms with Crippen LogP contribution in [0.15, 0.2) is 91.6 Å². The van der Waals surface area contributed by atoms with Crippen LogP contribution >= 0.6 is 7.60 Å². The SMILES string of the molecule is C=CCN1CC(=O)N2C(Cc3ccc(OP(C)(=O)O)cc3)C(=O)N(Cc3cccc4c(C(C)=O)cn(C)c34)CC2N1C(=O)NCc1ccccc1. The van der Waals surface area contributed by atoms with Crippen LogP contribution in [0.5, 0.6) is 5.75 Å². The van der Waals surface area contributed by atoms with E-state index in [2.05, 4.69) is 11.9 Å². The van der Waals surface area contributed by atoms with Gasteiger partial charge in [-0.15, -0.1) is 6.58 Å². The molecule has 1 aromatic heterocycles. The van der Waals surface area contributed by atoms with E-state index in [1.807, 2.05) is 60.1 Å². The van der Waals surface area contributed by atoms with Gasteiger partial charge in [0.1, 0.15) is 18.0 Å². The van der Waals surface area contributed by atoms with Crippen molar-refractivity contribution < 1.29 is 33.2 Å². The van der Waals surface area contributed by atoms with Crippen molar-refractivity contribution in [2.24, 2.45) is 7.05 Å². The molecule has 6 rings (SSSR count). The average molecular weight is 713 g/mol. The second-order valence-corrected chi connectivity index (χ2v) is 14.7. The summed E-state index contributed by atoms with van der Waals surface area (Å²) in [4.78, 5) is 67.9. The molecule has 266 valence electrons. The number of ketones is 1. The maximum absolute atomic E-state index is 14.5. The topological polar surface area (TPSA) is 145 Å². The first-order valence-electron chi connectivity index (χ1n) is 16.6. The molecular formula is C37H41N6O7P. The maximum atomic E-state index is 14.5. The Bertz CT molecular complexity index is 2030. The van der Waals surface area contributed by atoms with Gasteiger partial charge in [-0.25, -0.2) is 19.4 Å². The number of hydrogen-bond acceptors (Lipinski definition) is 7. The number of hydrazine groups is 1. The van der Waals surface area contributed by atoms with Gasteiger partial charge in [-0.2, -0.15) is 0 Å². The van der Waals surface area contributed by atoms with Crippen LogP contribution in [0.25, 0.3) is 10.9 Å². The summed E-state index contributed by atoms with van der Waals surface area (Å²) in [5, 5.41) is 6.93. The number of piperazine rings is 1. The Morgan fingerprint density at radius 1 is 1.04 bits per heavy atom. The fourth-order valence-corrected chi connectivity index (χ4v) is 7.48. The molecule has 2 aliphatic rings. The van der Waals surface area contributed by atoms with Crippen molar-refractivity contribution >= 4 is 42.1 Å². The molecule has 2 fully saturated rings. The second kappa shape index (κ2) is 14.6. The lowest BCUT2D eigenvalue weighted by Gasteiger charge is -2.55. The zero-order valence-corrected chi connectivity index (χ0v) is 29.7. The number of para-hydroxylation sites is 1. The van der Waals surface area contributed by atoms with Crippen molar-refractivity contribution in [2.45, 2.75) is 38.6 Å². The molecule has 2 saturated heterocycles. The summed E-state index contributed by atoms with van der Waals surface area (Å²) in [6.45, 7) is 6.98. The number of amides is 4. The minimum atomic E-state index is -3.79. The molecule has 3 heterocycles. The molecule has 3 aromatic carbocycles. The Labute approximate surface area is 296 Å². The summed E-state index contributed by atoms with van der Waals surface area (Å²) in [5.41, 5.74) is 3.78. The number of aryl methyl sites for hydroxylation is 1. The number of Topliss-reactive ketones (excluding diaryl/α,β-unsaturated/α-hetero) is 1. The summed E-state index contributed by atoms with van der Waals surface area (Å²) in [6.07, 6.45) is 2.67. The van der Waals surface area contributed by atoms with E-state index in [0.717, 1.165) is 28.7 Å². The maximum Gasteiger partial charge on any atom is 0.373 e. The molecule has 13 nitrogen and oxygen atoms in total. The van der Waals surface area contributed by atoms with Crippen molar-refractivity contribution in [3.8, 4) is 5.75 Å². The fraction of sp³-hybridized carbons (Fsp3) is 0.297. The van der Waals surface area contributed by atoms with Crippen molar-refractivity contribution in [1.29, 1.82) is 0 Å². The predicted octanol–water partition coefficient (Wildman–Crippen LogP) is 4.31. The van der Waals surface area contributed by atoms with Gasteiger partial charge in [0, 0.05) is 56.9 Å². The normalized spacial score (nSPS) is 19.1. The van der Waals surface area contributed by atoms with Gasteiger partial charge in [-0.1, -0.05) is 66.7 Å². The standard InChI is InChI=1S/C37H41N6O7P/c1-5-18-41-24-34(45)42-32(19-26-14-16-29(17-15-26)50-51(4,48)49)36(46)40(21-28-12-9-13-30-31(25(2)44)22-39(3)35(28)30)23-33(42)43(41)37(47)38-20-27-10-7-6-8-11-27/h5-17,22,32-33H,1,18-21,23-24H2,2-4H3,(H,38,47)(H,48,49). The Hall–Kier alpha value is -5.23. The lowest BCUT2D eigenvalue weighted by atomic mass is 9.98. The Kier molecular flexibility index (Phi) is 10.2. The largest absolute Gasteiger partial charge is 0.425 e. The van der Waals surface area contributed by atoms with Crippen molar-refractivity contribution in [2.75, 3.05) is 26.3 Å². The van der Waals surface area contributed by atoms with E-state index in [4.69, 9.17) is 4.52 Å². The minimum absolute atomic E-state index is 0.0307. The predicted molar refractivity (Wildman–Crippen MR) is 192 cm³/mol. The summed E-state index contributed by atoms with van der Waals surface area (Å²) in [5.74, 6) is -0.486. The molecule has 3 unspecified atom stereocenters. The third-order valence-electron chi connectivity index (χ3n) is 9.12. The molecule has 4 aromatic rings. The smallest absolute Gasteiger partial charge is 0.373 e. The summed E-state index contributed by atoms with van der Waals surface area (Å²) in [7, 11) is -1.93. The van der Waals surface area contributed by atoms with E-state index in [1.165, 1.54) is 16.8 Å². The third kappa shape index (κ3) is 7.61. The van der Waals surface area contributed by atoms with Crippen LogP contribution < -0.4 is 9.84 Å². The number of urea groups is 1. The van der Waals surface area contributed by atoms with Crippen LogP contribution in [0.3, 0.4) is 0 Å². The number of carbonyl (C=O) groups is 4. The number of aromatic nitrogens is 1. The van der Waals surface area contributed by atoms with Crippen LogP contribution in [-0.2, 0) is 40.7 Å². The summed E-state index contributed by atoms with van der Waals surface area (Å²) >= 11 is 0. The fourth-order valence-electron chi connectivity index (χ4n) is 6.97. The van der Waals surface area contributed by atoms with Gasteiger partial charge >= 0.3 is 13.6 Å². The summed E-state index contributed by atoms with van der Waals surface area (Å²) < 4.78 is 18.8. The van der Waals surface area contributed by atoms with E-state index in [-0.39, 0.29) is 62.5 Å². The first kappa shape index (κ1) is 35.6.